The van der Waals surface area contributed by atoms with Crippen LogP contribution < -0.4 is 9.46 Å². The van der Waals surface area contributed by atoms with Crippen LogP contribution in [0.2, 0.25) is 0 Å². The molecule has 7 heteroatoms. The maximum atomic E-state index is 12.5. The molecule has 1 aliphatic rings. The topological polar surface area (TPSA) is 92.7 Å². The first-order chi connectivity index (χ1) is 13.4. The van der Waals surface area contributed by atoms with E-state index in [4.69, 9.17) is 9.84 Å². The van der Waals surface area contributed by atoms with E-state index >= 15 is 0 Å². The predicted molar refractivity (Wildman–Crippen MR) is 110 cm³/mol. The van der Waals surface area contributed by atoms with Gasteiger partial charge in [0, 0.05) is 12.1 Å². The number of benzene rings is 1. The highest BCUT2D eigenvalue weighted by Crippen LogP contribution is 2.27. The zero-order valence-corrected chi connectivity index (χ0v) is 17.1. The highest BCUT2D eigenvalue weighted by atomic mass is 32.2. The molecule has 0 radical (unpaired) electrons. The lowest BCUT2D eigenvalue weighted by Gasteiger charge is -2.11. The minimum absolute atomic E-state index is 0.0428. The summed E-state index contributed by atoms with van der Waals surface area (Å²) < 4.78 is 32.8. The van der Waals surface area contributed by atoms with Gasteiger partial charge in [-0.05, 0) is 68.2 Å². The average Bonchev–Trinajstić information content (AvgIpc) is 3.09. The Morgan fingerprint density at radius 2 is 1.96 bits per heavy atom. The second-order valence-electron chi connectivity index (χ2n) is 6.92. The van der Waals surface area contributed by atoms with Crippen molar-refractivity contribution in [1.29, 1.82) is 0 Å². The Morgan fingerprint density at radius 1 is 1.21 bits per heavy atom. The number of aliphatic carboxylic acids is 1. The first kappa shape index (κ1) is 22.0. The van der Waals surface area contributed by atoms with Crippen molar-refractivity contribution in [3.63, 3.8) is 0 Å². The number of carbonyl (C=O) groups is 1. The van der Waals surface area contributed by atoms with Crippen LogP contribution in [0.15, 0.2) is 47.7 Å². The number of sulfonamides is 1. The summed E-state index contributed by atoms with van der Waals surface area (Å²) in [6.45, 7) is 0. The van der Waals surface area contributed by atoms with Crippen LogP contribution in [-0.2, 0) is 21.2 Å². The number of rotatable bonds is 12. The summed E-state index contributed by atoms with van der Waals surface area (Å²) in [4.78, 5) is 10.5. The van der Waals surface area contributed by atoms with E-state index < -0.39 is 16.0 Å². The number of hydrogen-bond donors (Lipinski definition) is 2. The molecule has 0 heterocycles. The van der Waals surface area contributed by atoms with E-state index in [2.05, 4.69) is 4.72 Å². The Labute approximate surface area is 167 Å². The number of carboxylic acid groups (broad SMARTS) is 1. The second-order valence-corrected chi connectivity index (χ2v) is 8.76. The molecule has 0 amide bonds. The fourth-order valence-electron chi connectivity index (χ4n) is 3.15. The molecule has 6 nitrogen and oxygen atoms in total. The van der Waals surface area contributed by atoms with Crippen LogP contribution in [0.4, 0.5) is 0 Å². The van der Waals surface area contributed by atoms with Crippen molar-refractivity contribution in [3.8, 4) is 5.75 Å². The van der Waals surface area contributed by atoms with Gasteiger partial charge in [0.15, 0.2) is 0 Å². The Hall–Kier alpha value is -2.28. The lowest BCUT2D eigenvalue weighted by Crippen LogP contribution is -2.26. The third-order valence-corrected chi connectivity index (χ3v) is 6.02. The number of carboxylic acids is 1. The fourth-order valence-corrected chi connectivity index (χ4v) is 4.38. The van der Waals surface area contributed by atoms with Crippen LogP contribution in [0.25, 0.3) is 0 Å². The molecule has 1 aliphatic carbocycles. The van der Waals surface area contributed by atoms with Crippen molar-refractivity contribution in [3.05, 3.63) is 53.3 Å². The summed E-state index contributed by atoms with van der Waals surface area (Å²) >= 11 is 0. The van der Waals surface area contributed by atoms with E-state index in [9.17, 15) is 13.2 Å². The van der Waals surface area contributed by atoms with E-state index in [1.54, 1.807) is 7.11 Å². The zero-order valence-electron chi connectivity index (χ0n) is 16.3. The molecule has 0 aliphatic heterocycles. The molecule has 0 bridgehead atoms. The van der Waals surface area contributed by atoms with Crippen molar-refractivity contribution in [2.24, 2.45) is 0 Å². The van der Waals surface area contributed by atoms with Gasteiger partial charge in [0.25, 0.3) is 0 Å². The van der Waals surface area contributed by atoms with Crippen LogP contribution in [0, 0.1) is 0 Å². The summed E-state index contributed by atoms with van der Waals surface area (Å²) in [5.41, 5.74) is 2.91. The molecule has 0 fully saturated rings. The lowest BCUT2D eigenvalue weighted by molar-refractivity contribution is -0.137. The van der Waals surface area contributed by atoms with Gasteiger partial charge in [-0.2, -0.15) is 0 Å². The molecule has 0 aromatic heterocycles. The van der Waals surface area contributed by atoms with Crippen molar-refractivity contribution in [1.82, 2.24) is 4.72 Å². The van der Waals surface area contributed by atoms with Gasteiger partial charge < -0.3 is 9.84 Å². The normalized spacial score (nSPS) is 14.6. The third-order valence-electron chi connectivity index (χ3n) is 4.72. The van der Waals surface area contributed by atoms with Gasteiger partial charge in [0.1, 0.15) is 5.75 Å². The second kappa shape index (κ2) is 10.9. The Balaban J connectivity index is 1.84. The van der Waals surface area contributed by atoms with Crippen LogP contribution in [0.3, 0.4) is 0 Å². The highest BCUT2D eigenvalue weighted by molar-refractivity contribution is 7.89. The van der Waals surface area contributed by atoms with E-state index in [0.29, 0.717) is 19.3 Å². The molecule has 0 saturated heterocycles. The Kier molecular flexibility index (Phi) is 8.57. The summed E-state index contributed by atoms with van der Waals surface area (Å²) in [5, 5.41) is 8.62. The number of hydrogen-bond acceptors (Lipinski definition) is 4. The minimum Gasteiger partial charge on any atom is -0.497 e. The fraction of sp³-hybridized carbons (Fsp3) is 0.476. The van der Waals surface area contributed by atoms with Crippen LogP contribution in [0.5, 0.6) is 5.75 Å². The van der Waals surface area contributed by atoms with Gasteiger partial charge in [-0.15, -0.1) is 0 Å². The summed E-state index contributed by atoms with van der Waals surface area (Å²) in [7, 11) is -1.79. The first-order valence-corrected chi connectivity index (χ1v) is 11.3. The van der Waals surface area contributed by atoms with E-state index in [-0.39, 0.29) is 12.2 Å². The molecule has 154 valence electrons. The molecule has 1 aromatic rings. The molecule has 0 unspecified atom stereocenters. The SMILES string of the molecule is COc1ccc(CCS(=O)(=O)NC2=C(CC=CCCCC(=O)O)CCC2)cc1. The van der Waals surface area contributed by atoms with E-state index in [0.717, 1.165) is 48.3 Å². The number of methoxy groups -OCH3 is 1. The molecule has 0 spiro atoms. The molecule has 0 atom stereocenters. The van der Waals surface area contributed by atoms with Crippen LogP contribution in [0.1, 0.15) is 50.5 Å². The summed E-state index contributed by atoms with van der Waals surface area (Å²) in [6, 6.07) is 7.42. The van der Waals surface area contributed by atoms with Gasteiger partial charge in [-0.25, -0.2) is 8.42 Å². The molecular weight excluding hydrogens is 378 g/mol. The minimum atomic E-state index is -3.39. The quantitative estimate of drug-likeness (QED) is 0.406. The van der Waals surface area contributed by atoms with Crippen LogP contribution >= 0.6 is 0 Å². The van der Waals surface area contributed by atoms with E-state index in [1.165, 1.54) is 0 Å². The van der Waals surface area contributed by atoms with Gasteiger partial charge in [0.05, 0.1) is 12.9 Å². The number of nitrogens with one attached hydrogen (secondary N) is 1. The van der Waals surface area contributed by atoms with Crippen molar-refractivity contribution in [2.75, 3.05) is 12.9 Å². The number of ether oxygens (including phenoxy) is 1. The number of allylic oxidation sites excluding steroid dienone is 4. The molecule has 28 heavy (non-hydrogen) atoms. The molecule has 1 aromatic carbocycles. The molecular formula is C21H29NO5S. The zero-order chi connectivity index (χ0) is 20.4. The van der Waals surface area contributed by atoms with Gasteiger partial charge in [-0.3, -0.25) is 9.52 Å². The maximum Gasteiger partial charge on any atom is 0.303 e. The number of unbranched alkanes of at least 4 members (excludes halogenated alkanes) is 1. The molecule has 0 saturated carbocycles. The summed E-state index contributed by atoms with van der Waals surface area (Å²) in [6.07, 6.45) is 9.27. The highest BCUT2D eigenvalue weighted by Gasteiger charge is 2.19. The predicted octanol–water partition coefficient (Wildman–Crippen LogP) is 3.80. The van der Waals surface area contributed by atoms with E-state index in [1.807, 2.05) is 36.4 Å². The first-order valence-electron chi connectivity index (χ1n) is 9.61. The number of aryl methyl sites for hydroxylation is 1. The van der Waals surface area contributed by atoms with Crippen molar-refractivity contribution < 1.29 is 23.1 Å². The largest absolute Gasteiger partial charge is 0.497 e. The smallest absolute Gasteiger partial charge is 0.303 e. The third kappa shape index (κ3) is 7.76. The molecule has 2 rings (SSSR count). The van der Waals surface area contributed by atoms with Gasteiger partial charge in [-0.1, -0.05) is 24.3 Å². The van der Waals surface area contributed by atoms with Gasteiger partial charge in [0.2, 0.25) is 10.0 Å². The maximum absolute atomic E-state index is 12.5. The Morgan fingerprint density at radius 3 is 2.64 bits per heavy atom. The average molecular weight is 408 g/mol. The van der Waals surface area contributed by atoms with Crippen LogP contribution in [-0.4, -0.2) is 32.4 Å². The Bertz CT molecular complexity index is 810. The monoisotopic (exact) mass is 407 g/mol. The van der Waals surface area contributed by atoms with Crippen molar-refractivity contribution >= 4 is 16.0 Å². The lowest BCUT2D eigenvalue weighted by atomic mass is 10.1. The molecule has 2 N–H and O–H groups in total. The summed E-state index contributed by atoms with van der Waals surface area (Å²) in [5.74, 6) is 0.0148. The van der Waals surface area contributed by atoms with Crippen molar-refractivity contribution in [2.45, 2.75) is 51.4 Å². The standard InChI is InChI=1S/C21H29NO5S/c1-27-19-13-11-17(12-14-19)15-16-28(25,26)22-20-9-6-8-18(20)7-4-2-3-5-10-21(23)24/h2,4,11-14,22H,3,5-10,15-16H2,1H3,(H,23,24). The van der Waals surface area contributed by atoms with Gasteiger partial charge >= 0.3 is 5.97 Å².